The van der Waals surface area contributed by atoms with Crippen LogP contribution in [0.3, 0.4) is 0 Å². The molecule has 4 nitrogen and oxygen atoms in total. The van der Waals surface area contributed by atoms with Crippen molar-refractivity contribution < 1.29 is 0 Å². The van der Waals surface area contributed by atoms with E-state index in [4.69, 9.17) is 0 Å². The summed E-state index contributed by atoms with van der Waals surface area (Å²) < 4.78 is 0. The number of hydrogen-bond donors (Lipinski definition) is 0. The molecule has 1 aromatic heterocycles. The third-order valence-corrected chi connectivity index (χ3v) is 3.13. The molecule has 1 fully saturated rings. The Kier molecular flexibility index (Phi) is 3.34. The Morgan fingerprint density at radius 1 is 1.27 bits per heavy atom. The van der Waals surface area contributed by atoms with Crippen LogP contribution in [0.15, 0.2) is 0 Å². The van der Waals surface area contributed by atoms with Crippen LogP contribution >= 0.6 is 0 Å². The zero-order chi connectivity index (χ0) is 10.7. The average Bonchev–Trinajstić information content (AvgIpc) is 2.68. The largest absolute Gasteiger partial charge is 0.177 e. The van der Waals surface area contributed by atoms with E-state index < -0.39 is 0 Å². The normalized spacial score (nSPS) is 18.6. The minimum Gasteiger partial charge on any atom is -0.164 e. The molecule has 1 aliphatic rings. The molecule has 84 valence electrons. The maximum atomic E-state index is 4.40. The van der Waals surface area contributed by atoms with Crippen molar-refractivity contribution in [2.45, 2.75) is 58.4 Å². The van der Waals surface area contributed by atoms with Crippen molar-refractivity contribution in [2.75, 3.05) is 0 Å². The van der Waals surface area contributed by atoms with Crippen molar-refractivity contribution in [3.63, 3.8) is 0 Å². The topological polar surface area (TPSA) is 43.6 Å². The van der Waals surface area contributed by atoms with Gasteiger partial charge in [-0.25, -0.2) is 0 Å². The van der Waals surface area contributed by atoms with Gasteiger partial charge in [0.2, 0.25) is 0 Å². The lowest BCUT2D eigenvalue weighted by molar-refractivity contribution is 0.291. The highest BCUT2D eigenvalue weighted by molar-refractivity contribution is 4.84. The lowest BCUT2D eigenvalue weighted by atomic mass is 9.89. The molecule has 1 saturated carbocycles. The maximum Gasteiger partial charge on any atom is 0.177 e. The molecule has 15 heavy (non-hydrogen) atoms. The third kappa shape index (κ3) is 2.76. The van der Waals surface area contributed by atoms with Crippen LogP contribution in [-0.4, -0.2) is 20.2 Å². The second kappa shape index (κ2) is 4.73. The molecule has 0 aromatic carbocycles. The van der Waals surface area contributed by atoms with E-state index in [1.54, 1.807) is 4.80 Å². The van der Waals surface area contributed by atoms with Crippen LogP contribution in [0.2, 0.25) is 0 Å². The SMILES string of the molecule is CC(C)c1nnn(CC2CCCCC2)n1. The smallest absolute Gasteiger partial charge is 0.164 e. The molecular weight excluding hydrogens is 188 g/mol. The lowest BCUT2D eigenvalue weighted by Gasteiger charge is -2.20. The predicted octanol–water partition coefficient (Wildman–Crippen LogP) is 2.38. The molecule has 0 aliphatic heterocycles. The van der Waals surface area contributed by atoms with Gasteiger partial charge in [-0.05, 0) is 24.0 Å². The molecule has 0 unspecified atom stereocenters. The van der Waals surface area contributed by atoms with Gasteiger partial charge in [0.1, 0.15) is 0 Å². The lowest BCUT2D eigenvalue weighted by Crippen LogP contribution is -2.16. The highest BCUT2D eigenvalue weighted by Gasteiger charge is 2.15. The van der Waals surface area contributed by atoms with Gasteiger partial charge < -0.3 is 0 Å². The van der Waals surface area contributed by atoms with Crippen LogP contribution in [0.25, 0.3) is 0 Å². The first kappa shape index (κ1) is 10.6. The summed E-state index contributed by atoms with van der Waals surface area (Å²) in [6, 6.07) is 0. The quantitative estimate of drug-likeness (QED) is 0.766. The van der Waals surface area contributed by atoms with E-state index in [1.165, 1.54) is 32.1 Å². The van der Waals surface area contributed by atoms with Gasteiger partial charge >= 0.3 is 0 Å². The van der Waals surface area contributed by atoms with Crippen molar-refractivity contribution in [3.05, 3.63) is 5.82 Å². The molecule has 1 heterocycles. The Hall–Kier alpha value is -0.930. The monoisotopic (exact) mass is 208 g/mol. The second-order valence-electron chi connectivity index (χ2n) is 4.86. The van der Waals surface area contributed by atoms with Gasteiger partial charge in [0.25, 0.3) is 0 Å². The molecule has 1 aromatic rings. The highest BCUT2D eigenvalue weighted by atomic mass is 15.6. The first-order chi connectivity index (χ1) is 7.25. The van der Waals surface area contributed by atoms with Crippen molar-refractivity contribution in [1.29, 1.82) is 0 Å². The minimum atomic E-state index is 0.380. The van der Waals surface area contributed by atoms with Gasteiger partial charge in [0, 0.05) is 5.92 Å². The number of nitrogens with zero attached hydrogens (tertiary/aromatic N) is 4. The van der Waals surface area contributed by atoms with Crippen LogP contribution in [0.5, 0.6) is 0 Å². The van der Waals surface area contributed by atoms with Gasteiger partial charge in [-0.1, -0.05) is 33.1 Å². The standard InChI is InChI=1S/C11H20N4/c1-9(2)11-12-14-15(13-11)8-10-6-4-3-5-7-10/h9-10H,3-8H2,1-2H3. The molecule has 0 N–H and O–H groups in total. The third-order valence-electron chi connectivity index (χ3n) is 3.13. The summed E-state index contributed by atoms with van der Waals surface area (Å²) >= 11 is 0. The van der Waals surface area contributed by atoms with E-state index >= 15 is 0 Å². The van der Waals surface area contributed by atoms with Gasteiger partial charge in [0.15, 0.2) is 5.82 Å². The second-order valence-corrected chi connectivity index (χ2v) is 4.86. The summed E-state index contributed by atoms with van der Waals surface area (Å²) in [4.78, 5) is 1.78. The Bertz CT molecular complexity index is 299. The molecule has 0 amide bonds. The summed E-state index contributed by atoms with van der Waals surface area (Å²) in [7, 11) is 0. The van der Waals surface area contributed by atoms with Crippen LogP contribution in [0.1, 0.15) is 57.7 Å². The van der Waals surface area contributed by atoms with Crippen LogP contribution in [-0.2, 0) is 6.54 Å². The van der Waals surface area contributed by atoms with E-state index in [2.05, 4.69) is 29.3 Å². The minimum absolute atomic E-state index is 0.380. The first-order valence-electron chi connectivity index (χ1n) is 6.03. The molecule has 0 bridgehead atoms. The Morgan fingerprint density at radius 2 is 2.00 bits per heavy atom. The number of tetrazole rings is 1. The summed E-state index contributed by atoms with van der Waals surface area (Å²) in [5.74, 6) is 2.02. The molecule has 4 heteroatoms. The Balaban J connectivity index is 1.91. The fraction of sp³-hybridized carbons (Fsp3) is 0.909. The van der Waals surface area contributed by atoms with E-state index in [0.717, 1.165) is 18.3 Å². The maximum absolute atomic E-state index is 4.40. The van der Waals surface area contributed by atoms with Crippen molar-refractivity contribution in [2.24, 2.45) is 5.92 Å². The van der Waals surface area contributed by atoms with E-state index in [-0.39, 0.29) is 0 Å². The van der Waals surface area contributed by atoms with E-state index in [1.807, 2.05) is 0 Å². The van der Waals surface area contributed by atoms with Crippen LogP contribution < -0.4 is 0 Å². The molecule has 1 aliphatic carbocycles. The average molecular weight is 208 g/mol. The summed E-state index contributed by atoms with van der Waals surface area (Å²) in [5.41, 5.74) is 0. The zero-order valence-electron chi connectivity index (χ0n) is 9.69. The zero-order valence-corrected chi connectivity index (χ0v) is 9.69. The van der Waals surface area contributed by atoms with E-state index in [0.29, 0.717) is 5.92 Å². The summed E-state index contributed by atoms with van der Waals surface area (Å²) in [5, 5.41) is 12.6. The van der Waals surface area contributed by atoms with Gasteiger partial charge in [-0.2, -0.15) is 4.80 Å². The highest BCUT2D eigenvalue weighted by Crippen LogP contribution is 2.24. The molecule has 0 radical (unpaired) electrons. The van der Waals surface area contributed by atoms with Crippen molar-refractivity contribution in [1.82, 2.24) is 20.2 Å². The number of hydrogen-bond acceptors (Lipinski definition) is 3. The van der Waals surface area contributed by atoms with Gasteiger partial charge in [-0.15, -0.1) is 10.2 Å². The summed E-state index contributed by atoms with van der Waals surface area (Å²) in [6.45, 7) is 5.16. The number of rotatable bonds is 3. The Labute approximate surface area is 91.1 Å². The van der Waals surface area contributed by atoms with Crippen LogP contribution in [0, 0.1) is 5.92 Å². The fourth-order valence-corrected chi connectivity index (χ4v) is 2.16. The molecule has 2 rings (SSSR count). The van der Waals surface area contributed by atoms with Gasteiger partial charge in [0.05, 0.1) is 6.54 Å². The predicted molar refractivity (Wildman–Crippen MR) is 58.5 cm³/mol. The molecular formula is C11H20N4. The molecule has 0 saturated heterocycles. The summed E-state index contributed by atoms with van der Waals surface area (Å²) in [6.07, 6.45) is 6.81. The molecule has 0 atom stereocenters. The fourth-order valence-electron chi connectivity index (χ4n) is 2.16. The Morgan fingerprint density at radius 3 is 2.60 bits per heavy atom. The van der Waals surface area contributed by atoms with Crippen LogP contribution in [0.4, 0.5) is 0 Å². The van der Waals surface area contributed by atoms with Gasteiger partial charge in [-0.3, -0.25) is 0 Å². The van der Waals surface area contributed by atoms with Crippen molar-refractivity contribution in [3.8, 4) is 0 Å². The first-order valence-corrected chi connectivity index (χ1v) is 6.03. The van der Waals surface area contributed by atoms with E-state index in [9.17, 15) is 0 Å². The van der Waals surface area contributed by atoms with Crippen molar-refractivity contribution >= 4 is 0 Å². The number of aromatic nitrogens is 4. The molecule has 0 spiro atoms.